The Kier molecular flexibility index (Phi) is 5.40. The van der Waals surface area contributed by atoms with Crippen LogP contribution in [-0.2, 0) is 16.1 Å². The van der Waals surface area contributed by atoms with Gasteiger partial charge >= 0.3 is 0 Å². The molecule has 29 heavy (non-hydrogen) atoms. The molecule has 2 amide bonds. The molecule has 7 nitrogen and oxygen atoms in total. The van der Waals surface area contributed by atoms with Gasteiger partial charge in [0.05, 0.1) is 25.5 Å². The first-order chi connectivity index (χ1) is 14.1. The zero-order chi connectivity index (χ0) is 20.4. The lowest BCUT2D eigenvalue weighted by Crippen LogP contribution is -2.47. The maximum absolute atomic E-state index is 13.4. The molecule has 2 aliphatic heterocycles. The monoisotopic (exact) mass is 395 g/mol. The molecule has 0 atom stereocenters. The summed E-state index contributed by atoms with van der Waals surface area (Å²) in [6.07, 6.45) is 1.54. The number of piperazine rings is 1. The van der Waals surface area contributed by atoms with Crippen molar-refractivity contribution in [1.29, 1.82) is 0 Å². The minimum atomic E-state index is -0.316. The Hall–Kier alpha value is -3.06. The lowest BCUT2D eigenvalue weighted by Gasteiger charge is -2.36. The summed E-state index contributed by atoms with van der Waals surface area (Å²) < 4.78 is 10.9. The molecule has 0 N–H and O–H groups in total. The summed E-state index contributed by atoms with van der Waals surface area (Å²) in [5, 5.41) is 0. The number of carbonyl (C=O) groups is 2. The Balaban J connectivity index is 1.75. The summed E-state index contributed by atoms with van der Waals surface area (Å²) in [6, 6.07) is 10.9. The highest BCUT2D eigenvalue weighted by atomic mass is 16.5. The summed E-state index contributed by atoms with van der Waals surface area (Å²) in [5.74, 6) is 0.553. The molecule has 2 aliphatic rings. The molecule has 7 heteroatoms. The van der Waals surface area contributed by atoms with E-state index in [2.05, 4.69) is 11.8 Å². The van der Waals surface area contributed by atoms with Crippen LogP contribution in [0.25, 0.3) is 5.57 Å². The largest absolute Gasteiger partial charge is 0.496 e. The van der Waals surface area contributed by atoms with E-state index in [0.29, 0.717) is 41.4 Å². The van der Waals surface area contributed by atoms with Gasteiger partial charge in [-0.15, -0.1) is 0 Å². The molecule has 1 aromatic carbocycles. The molecule has 0 radical (unpaired) electrons. The van der Waals surface area contributed by atoms with E-state index in [9.17, 15) is 9.59 Å². The number of hydrogen-bond acceptors (Lipinski definition) is 6. The molecule has 1 saturated heterocycles. The minimum absolute atomic E-state index is 0.113. The van der Waals surface area contributed by atoms with Crippen LogP contribution in [0.15, 0.2) is 52.8 Å². The number of methoxy groups -OCH3 is 1. The maximum atomic E-state index is 13.4. The van der Waals surface area contributed by atoms with Gasteiger partial charge in [-0.05, 0) is 24.7 Å². The number of hydrogen-bond donors (Lipinski definition) is 0. The number of amides is 2. The van der Waals surface area contributed by atoms with Crippen molar-refractivity contribution in [1.82, 2.24) is 14.7 Å². The average Bonchev–Trinajstić information content (AvgIpc) is 3.36. The van der Waals surface area contributed by atoms with Crippen LogP contribution in [0.3, 0.4) is 0 Å². The first-order valence-electron chi connectivity index (χ1n) is 9.87. The van der Waals surface area contributed by atoms with E-state index in [1.165, 1.54) is 4.90 Å². The molecule has 0 bridgehead atoms. The van der Waals surface area contributed by atoms with Crippen molar-refractivity contribution in [3.63, 3.8) is 0 Å². The molecule has 2 aromatic rings. The fourth-order valence-corrected chi connectivity index (χ4v) is 3.94. The second-order valence-electron chi connectivity index (χ2n) is 7.12. The highest BCUT2D eigenvalue weighted by molar-refractivity contribution is 6.35. The third kappa shape index (κ3) is 3.53. The van der Waals surface area contributed by atoms with E-state index in [1.807, 2.05) is 29.2 Å². The zero-order valence-electron chi connectivity index (χ0n) is 16.8. The van der Waals surface area contributed by atoms with Crippen LogP contribution >= 0.6 is 0 Å². The van der Waals surface area contributed by atoms with Gasteiger partial charge in [0.1, 0.15) is 17.2 Å². The number of furan rings is 1. The van der Waals surface area contributed by atoms with Gasteiger partial charge in [-0.25, -0.2) is 0 Å². The zero-order valence-corrected chi connectivity index (χ0v) is 16.8. The van der Waals surface area contributed by atoms with E-state index in [0.717, 1.165) is 19.6 Å². The molecule has 3 heterocycles. The van der Waals surface area contributed by atoms with Crippen molar-refractivity contribution in [3.8, 4) is 5.75 Å². The molecular weight excluding hydrogens is 370 g/mol. The summed E-state index contributed by atoms with van der Waals surface area (Å²) in [6.45, 7) is 6.35. The Bertz CT molecular complexity index is 927. The van der Waals surface area contributed by atoms with Crippen molar-refractivity contribution >= 4 is 17.4 Å². The van der Waals surface area contributed by atoms with Crippen molar-refractivity contribution in [2.24, 2.45) is 0 Å². The van der Waals surface area contributed by atoms with Crippen molar-refractivity contribution < 1.29 is 18.7 Å². The summed E-state index contributed by atoms with van der Waals surface area (Å²) >= 11 is 0. The highest BCUT2D eigenvalue weighted by Gasteiger charge is 2.43. The molecule has 152 valence electrons. The number of carbonyl (C=O) groups excluding carboxylic acids is 2. The number of nitrogens with zero attached hydrogens (tertiary/aromatic N) is 3. The van der Waals surface area contributed by atoms with Crippen molar-refractivity contribution in [2.75, 3.05) is 39.8 Å². The number of para-hydroxylation sites is 1. The average molecular weight is 395 g/mol. The van der Waals surface area contributed by atoms with Gasteiger partial charge in [0.2, 0.25) is 0 Å². The molecule has 1 fully saturated rings. The Morgan fingerprint density at radius 2 is 1.76 bits per heavy atom. The normalized spacial score (nSPS) is 18.1. The van der Waals surface area contributed by atoms with Gasteiger partial charge in [0.15, 0.2) is 0 Å². The van der Waals surface area contributed by atoms with Crippen LogP contribution in [0.2, 0.25) is 0 Å². The van der Waals surface area contributed by atoms with Crippen LogP contribution in [0, 0.1) is 0 Å². The Morgan fingerprint density at radius 3 is 2.41 bits per heavy atom. The van der Waals surface area contributed by atoms with Gasteiger partial charge < -0.3 is 19.0 Å². The van der Waals surface area contributed by atoms with Crippen LogP contribution in [0.1, 0.15) is 18.2 Å². The first kappa shape index (κ1) is 19.3. The lowest BCUT2D eigenvalue weighted by molar-refractivity contribution is -0.138. The number of benzene rings is 1. The third-order valence-corrected chi connectivity index (χ3v) is 5.55. The standard InChI is InChI=1S/C22H25N3O4/c1-3-23-10-12-24(13-11-23)20-19(17-8-4-5-9-18(17)28-2)21(26)25(22(20)27)15-16-7-6-14-29-16/h4-9,14H,3,10-13,15H2,1-2H3. The second kappa shape index (κ2) is 8.13. The van der Waals surface area contributed by atoms with Gasteiger partial charge in [-0.2, -0.15) is 0 Å². The summed E-state index contributed by atoms with van der Waals surface area (Å²) in [7, 11) is 1.57. The van der Waals surface area contributed by atoms with E-state index in [4.69, 9.17) is 9.15 Å². The van der Waals surface area contributed by atoms with Crippen LogP contribution < -0.4 is 4.74 Å². The fourth-order valence-electron chi connectivity index (χ4n) is 3.94. The number of likely N-dealkylation sites (N-methyl/N-ethyl adjacent to an activating group) is 1. The maximum Gasteiger partial charge on any atom is 0.278 e. The van der Waals surface area contributed by atoms with Crippen LogP contribution in [-0.4, -0.2) is 66.3 Å². The molecule has 0 spiro atoms. The fraction of sp³-hybridized carbons (Fsp3) is 0.364. The number of rotatable bonds is 6. The SMILES string of the molecule is CCN1CCN(C2=C(c3ccccc3OC)C(=O)N(Cc3ccco3)C2=O)CC1. The smallest absolute Gasteiger partial charge is 0.278 e. The van der Waals surface area contributed by atoms with Crippen LogP contribution in [0.5, 0.6) is 5.75 Å². The topological polar surface area (TPSA) is 66.2 Å². The Labute approximate surface area is 170 Å². The van der Waals surface area contributed by atoms with Gasteiger partial charge in [0, 0.05) is 31.7 Å². The predicted octanol–water partition coefficient (Wildman–Crippen LogP) is 2.21. The van der Waals surface area contributed by atoms with Gasteiger partial charge in [-0.1, -0.05) is 25.1 Å². The molecule has 0 unspecified atom stereocenters. The third-order valence-electron chi connectivity index (χ3n) is 5.55. The number of ether oxygens (including phenoxy) is 1. The predicted molar refractivity (Wildman–Crippen MR) is 108 cm³/mol. The molecule has 4 rings (SSSR count). The molecule has 1 aromatic heterocycles. The quantitative estimate of drug-likeness (QED) is 0.699. The van der Waals surface area contributed by atoms with E-state index in [-0.39, 0.29) is 18.4 Å². The van der Waals surface area contributed by atoms with Gasteiger partial charge in [0.25, 0.3) is 11.8 Å². The van der Waals surface area contributed by atoms with E-state index >= 15 is 0 Å². The molecule has 0 saturated carbocycles. The Morgan fingerprint density at radius 1 is 1.00 bits per heavy atom. The summed E-state index contributed by atoms with van der Waals surface area (Å²) in [4.78, 5) is 32.4. The van der Waals surface area contributed by atoms with E-state index < -0.39 is 0 Å². The minimum Gasteiger partial charge on any atom is -0.496 e. The van der Waals surface area contributed by atoms with E-state index in [1.54, 1.807) is 25.5 Å². The molecule has 0 aliphatic carbocycles. The first-order valence-corrected chi connectivity index (χ1v) is 9.87. The van der Waals surface area contributed by atoms with Gasteiger partial charge in [-0.3, -0.25) is 14.5 Å². The van der Waals surface area contributed by atoms with Crippen molar-refractivity contribution in [3.05, 3.63) is 59.7 Å². The summed E-state index contributed by atoms with van der Waals surface area (Å²) in [5.41, 5.74) is 1.51. The second-order valence-corrected chi connectivity index (χ2v) is 7.12. The lowest BCUT2D eigenvalue weighted by atomic mass is 10.0. The van der Waals surface area contributed by atoms with Crippen molar-refractivity contribution in [2.45, 2.75) is 13.5 Å². The number of imide groups is 1. The highest BCUT2D eigenvalue weighted by Crippen LogP contribution is 2.37. The van der Waals surface area contributed by atoms with Crippen LogP contribution in [0.4, 0.5) is 0 Å². The molecular formula is C22H25N3O4.